The molecular weight excluding hydrogens is 117 g/mol. The third kappa shape index (κ3) is 0.936. The third-order valence-electron chi connectivity index (χ3n) is 1.76. The van der Waals surface area contributed by atoms with E-state index in [0.717, 1.165) is 8.73 Å². The van der Waals surface area contributed by atoms with Crippen LogP contribution < -0.4 is 5.09 Å². The maximum atomic E-state index is 3.94. The van der Waals surface area contributed by atoms with Crippen molar-refractivity contribution in [3.05, 3.63) is 11.9 Å². The Morgan fingerprint density at radius 3 is 2.38 bits per heavy atom. The van der Waals surface area contributed by atoms with E-state index in [1.807, 2.05) is 0 Å². The number of nitrogens with one attached hydrogen (secondary N) is 1. The molecule has 0 aromatic heterocycles. The van der Waals surface area contributed by atoms with E-state index in [0.29, 0.717) is 12.0 Å². The zero-order valence-electron chi connectivity index (χ0n) is 5.36. The molecule has 0 bridgehead atoms. The van der Waals surface area contributed by atoms with Gasteiger partial charge in [0.1, 0.15) is 0 Å². The number of hydrogen-bond acceptors (Lipinski definition) is 1. The van der Waals surface area contributed by atoms with E-state index in [1.165, 1.54) is 5.31 Å². The standard InChI is InChI=1S/C6H12NP/c1-4-5(2)7-8-6(4)3/h4-5,7-8H,3H2,1-2H3. The van der Waals surface area contributed by atoms with Crippen molar-refractivity contribution in [2.75, 3.05) is 0 Å². The quantitative estimate of drug-likeness (QED) is 0.491. The summed E-state index contributed by atoms with van der Waals surface area (Å²) in [5.74, 6) is 0.688. The molecule has 1 heterocycles. The summed E-state index contributed by atoms with van der Waals surface area (Å²) in [4.78, 5) is 0. The molecule has 0 aliphatic carbocycles. The monoisotopic (exact) mass is 129 g/mol. The lowest BCUT2D eigenvalue weighted by Gasteiger charge is -2.06. The Hall–Kier alpha value is 0.130. The van der Waals surface area contributed by atoms with Gasteiger partial charge in [-0.3, -0.25) is 5.09 Å². The second kappa shape index (κ2) is 2.16. The summed E-state index contributed by atoms with van der Waals surface area (Å²) in [6.07, 6.45) is 0. The fraction of sp³-hybridized carbons (Fsp3) is 0.667. The van der Waals surface area contributed by atoms with Crippen LogP contribution in [0, 0.1) is 5.92 Å². The first-order valence-corrected chi connectivity index (χ1v) is 3.92. The minimum absolute atomic E-state index is 0.654. The van der Waals surface area contributed by atoms with Gasteiger partial charge in [0.25, 0.3) is 0 Å². The van der Waals surface area contributed by atoms with Crippen LogP contribution in [0.2, 0.25) is 0 Å². The van der Waals surface area contributed by atoms with Crippen molar-refractivity contribution in [1.82, 2.24) is 5.09 Å². The van der Waals surface area contributed by atoms with Gasteiger partial charge in [-0.1, -0.05) is 13.5 Å². The summed E-state index contributed by atoms with van der Waals surface area (Å²) in [5, 5.41) is 4.72. The molecule has 2 heteroatoms. The van der Waals surface area contributed by atoms with Gasteiger partial charge in [-0.25, -0.2) is 0 Å². The van der Waals surface area contributed by atoms with Gasteiger partial charge in [0, 0.05) is 6.04 Å². The molecule has 0 amide bonds. The molecule has 1 fully saturated rings. The molecule has 8 heavy (non-hydrogen) atoms. The van der Waals surface area contributed by atoms with Gasteiger partial charge in [-0.05, 0) is 26.9 Å². The lowest BCUT2D eigenvalue weighted by atomic mass is 10.1. The SMILES string of the molecule is C=C1PNC(C)C1C. The van der Waals surface area contributed by atoms with Crippen LogP contribution in [0.4, 0.5) is 0 Å². The molecule has 0 aromatic carbocycles. The van der Waals surface area contributed by atoms with Crippen LogP contribution in [-0.4, -0.2) is 6.04 Å². The van der Waals surface area contributed by atoms with E-state index >= 15 is 0 Å². The normalized spacial score (nSPS) is 41.5. The molecule has 1 rings (SSSR count). The van der Waals surface area contributed by atoms with Gasteiger partial charge in [-0.2, -0.15) is 0 Å². The van der Waals surface area contributed by atoms with E-state index in [1.54, 1.807) is 0 Å². The molecule has 1 N–H and O–H groups in total. The fourth-order valence-electron chi connectivity index (χ4n) is 0.747. The maximum absolute atomic E-state index is 3.94. The van der Waals surface area contributed by atoms with Crippen LogP contribution in [0.1, 0.15) is 13.8 Å². The first-order valence-electron chi connectivity index (χ1n) is 2.92. The molecule has 1 saturated heterocycles. The first kappa shape index (κ1) is 6.25. The molecule has 1 aliphatic heterocycles. The molecule has 46 valence electrons. The Bertz CT molecular complexity index is 111. The summed E-state index contributed by atoms with van der Waals surface area (Å²) < 4.78 is 0. The summed E-state index contributed by atoms with van der Waals surface area (Å²) >= 11 is 0. The average Bonchev–Trinajstić information content (AvgIpc) is 1.98. The second-order valence-electron chi connectivity index (χ2n) is 2.37. The first-order chi connectivity index (χ1) is 3.72. The van der Waals surface area contributed by atoms with Gasteiger partial charge in [-0.15, -0.1) is 0 Å². The highest BCUT2D eigenvalue weighted by atomic mass is 31.1. The summed E-state index contributed by atoms with van der Waals surface area (Å²) in [6.45, 7) is 8.36. The van der Waals surface area contributed by atoms with Gasteiger partial charge in [0.15, 0.2) is 0 Å². The fourth-order valence-corrected chi connectivity index (χ4v) is 1.89. The summed E-state index contributed by atoms with van der Waals surface area (Å²) in [5.41, 5.74) is 0. The highest BCUT2D eigenvalue weighted by molar-refractivity contribution is 7.41. The highest BCUT2D eigenvalue weighted by Gasteiger charge is 2.20. The number of hydrogen-bond donors (Lipinski definition) is 1. The minimum atomic E-state index is 0.654. The zero-order chi connectivity index (χ0) is 6.15. The Morgan fingerprint density at radius 1 is 1.62 bits per heavy atom. The molecule has 3 unspecified atom stereocenters. The van der Waals surface area contributed by atoms with Crippen molar-refractivity contribution < 1.29 is 0 Å². The molecule has 0 radical (unpaired) electrons. The van der Waals surface area contributed by atoms with Gasteiger partial charge < -0.3 is 0 Å². The lowest BCUT2D eigenvalue weighted by molar-refractivity contribution is 0.568. The van der Waals surface area contributed by atoms with Gasteiger partial charge in [0.2, 0.25) is 0 Å². The molecule has 0 saturated carbocycles. The molecular formula is C6H12NP. The Balaban J connectivity index is 2.56. The molecule has 1 aliphatic rings. The van der Waals surface area contributed by atoms with Gasteiger partial charge >= 0.3 is 0 Å². The smallest absolute Gasteiger partial charge is 0.0142 e. The van der Waals surface area contributed by atoms with Crippen molar-refractivity contribution in [3.63, 3.8) is 0 Å². The molecule has 0 spiro atoms. The van der Waals surface area contributed by atoms with E-state index in [2.05, 4.69) is 25.5 Å². The van der Waals surface area contributed by atoms with Crippen LogP contribution in [0.5, 0.6) is 0 Å². The third-order valence-corrected chi connectivity index (χ3v) is 3.14. The predicted molar refractivity (Wildman–Crippen MR) is 39.2 cm³/mol. The van der Waals surface area contributed by atoms with E-state index < -0.39 is 0 Å². The topological polar surface area (TPSA) is 12.0 Å². The molecule has 3 atom stereocenters. The van der Waals surface area contributed by atoms with E-state index in [9.17, 15) is 0 Å². The van der Waals surface area contributed by atoms with Crippen molar-refractivity contribution in [2.24, 2.45) is 5.92 Å². The van der Waals surface area contributed by atoms with Gasteiger partial charge in [0.05, 0.1) is 0 Å². The Labute approximate surface area is 52.4 Å². The minimum Gasteiger partial charge on any atom is -0.291 e. The average molecular weight is 129 g/mol. The van der Waals surface area contributed by atoms with Crippen LogP contribution in [-0.2, 0) is 0 Å². The van der Waals surface area contributed by atoms with Crippen molar-refractivity contribution in [1.29, 1.82) is 0 Å². The summed E-state index contributed by atoms with van der Waals surface area (Å²) in [7, 11) is 0.799. The van der Waals surface area contributed by atoms with Crippen molar-refractivity contribution >= 4 is 8.73 Å². The van der Waals surface area contributed by atoms with E-state index in [4.69, 9.17) is 0 Å². The Morgan fingerprint density at radius 2 is 2.25 bits per heavy atom. The van der Waals surface area contributed by atoms with Crippen LogP contribution in [0.15, 0.2) is 11.9 Å². The predicted octanol–water partition coefficient (Wildman–Crippen LogP) is 1.72. The second-order valence-corrected chi connectivity index (χ2v) is 3.55. The van der Waals surface area contributed by atoms with Crippen molar-refractivity contribution in [2.45, 2.75) is 19.9 Å². The number of rotatable bonds is 0. The lowest BCUT2D eigenvalue weighted by Crippen LogP contribution is -2.17. The zero-order valence-corrected chi connectivity index (χ0v) is 6.36. The Kier molecular flexibility index (Phi) is 1.69. The maximum Gasteiger partial charge on any atom is 0.0142 e. The summed E-state index contributed by atoms with van der Waals surface area (Å²) in [6, 6.07) is 0.654. The van der Waals surface area contributed by atoms with Crippen LogP contribution >= 0.6 is 8.73 Å². The van der Waals surface area contributed by atoms with E-state index in [-0.39, 0.29) is 0 Å². The van der Waals surface area contributed by atoms with Crippen LogP contribution in [0.25, 0.3) is 0 Å². The molecule has 0 aromatic rings. The van der Waals surface area contributed by atoms with Crippen molar-refractivity contribution in [3.8, 4) is 0 Å². The van der Waals surface area contributed by atoms with Crippen LogP contribution in [0.3, 0.4) is 0 Å². The largest absolute Gasteiger partial charge is 0.291 e. The highest BCUT2D eigenvalue weighted by Crippen LogP contribution is 2.35. The molecule has 1 nitrogen and oxygen atoms in total.